The van der Waals surface area contributed by atoms with E-state index in [-0.39, 0.29) is 6.09 Å². The molecule has 0 spiro atoms. The molecular weight excluding hydrogens is 250 g/mol. The Morgan fingerprint density at radius 3 is 2.83 bits per heavy atom. The highest BCUT2D eigenvalue weighted by Crippen LogP contribution is 2.33. The van der Waals surface area contributed by atoms with E-state index in [0.717, 1.165) is 5.56 Å². The molecule has 1 fully saturated rings. The average Bonchev–Trinajstić information content (AvgIpc) is 2.83. The lowest BCUT2D eigenvalue weighted by Gasteiger charge is -2.26. The Morgan fingerprint density at radius 1 is 1.56 bits per heavy atom. The Labute approximate surface area is 111 Å². The molecule has 2 rings (SSSR count). The fourth-order valence-corrected chi connectivity index (χ4v) is 2.79. The summed E-state index contributed by atoms with van der Waals surface area (Å²) < 4.78 is 5.31. The first-order valence-electron chi connectivity index (χ1n) is 6.03. The highest BCUT2D eigenvalue weighted by Gasteiger charge is 2.41. The summed E-state index contributed by atoms with van der Waals surface area (Å²) in [4.78, 5) is 13.5. The second-order valence-corrected chi connectivity index (χ2v) is 6.48. The van der Waals surface area contributed by atoms with Crippen LogP contribution >= 0.6 is 11.3 Å². The first-order valence-corrected chi connectivity index (χ1v) is 6.97. The van der Waals surface area contributed by atoms with Gasteiger partial charge in [-0.25, -0.2) is 4.79 Å². The number of nitrogens with zero attached hydrogens (tertiary/aromatic N) is 1. The summed E-state index contributed by atoms with van der Waals surface area (Å²) >= 11 is 1.55. The molecule has 2 heterocycles. The van der Waals surface area contributed by atoms with Crippen molar-refractivity contribution in [2.24, 2.45) is 0 Å². The number of carbonyl (C=O) groups excluding carboxylic acids is 1. The number of rotatable bonds is 1. The quantitative estimate of drug-likeness (QED) is 0.852. The van der Waals surface area contributed by atoms with Crippen molar-refractivity contribution in [3.05, 3.63) is 22.4 Å². The summed E-state index contributed by atoms with van der Waals surface area (Å²) in [5.41, 5.74) is -0.532. The molecule has 0 bridgehead atoms. The number of hydrogen-bond donors (Lipinski definition) is 1. The number of likely N-dealkylation sites (tertiary alicyclic amines) is 1. The van der Waals surface area contributed by atoms with Crippen molar-refractivity contribution >= 4 is 17.4 Å². The molecule has 4 nitrogen and oxygen atoms in total. The van der Waals surface area contributed by atoms with Gasteiger partial charge >= 0.3 is 6.09 Å². The summed E-state index contributed by atoms with van der Waals surface area (Å²) in [7, 11) is 0. The van der Waals surface area contributed by atoms with Crippen LogP contribution in [-0.4, -0.2) is 34.8 Å². The molecule has 1 amide bonds. The zero-order valence-electron chi connectivity index (χ0n) is 11.0. The molecule has 1 saturated heterocycles. The monoisotopic (exact) mass is 269 g/mol. The van der Waals surface area contributed by atoms with Gasteiger partial charge in [0.2, 0.25) is 0 Å². The number of aliphatic hydroxyl groups is 1. The zero-order valence-corrected chi connectivity index (χ0v) is 11.8. The standard InChI is InChI=1S/C13H19NO3S/c1-12(2,3)17-11(15)14-6-5-13(16,9-14)10-4-7-18-8-10/h4,7-8,16H,5-6,9H2,1-3H3/t13-/m1/s1. The summed E-state index contributed by atoms with van der Waals surface area (Å²) in [5.74, 6) is 0. The minimum absolute atomic E-state index is 0.304. The Kier molecular flexibility index (Phi) is 3.38. The van der Waals surface area contributed by atoms with E-state index >= 15 is 0 Å². The number of β-amino-alcohol motifs (C(OH)–C–C–N with tert-alkyl or cyclic N) is 1. The molecule has 1 aromatic heterocycles. The summed E-state index contributed by atoms with van der Waals surface area (Å²) in [5, 5.41) is 14.4. The molecule has 0 aliphatic carbocycles. The lowest BCUT2D eigenvalue weighted by Crippen LogP contribution is -2.38. The van der Waals surface area contributed by atoms with Crippen molar-refractivity contribution in [1.82, 2.24) is 4.90 Å². The van der Waals surface area contributed by atoms with Crippen LogP contribution in [0.3, 0.4) is 0 Å². The van der Waals surface area contributed by atoms with Crippen LogP contribution in [0, 0.1) is 0 Å². The van der Waals surface area contributed by atoms with E-state index in [1.807, 2.05) is 37.6 Å². The second-order valence-electron chi connectivity index (χ2n) is 5.70. The highest BCUT2D eigenvalue weighted by molar-refractivity contribution is 7.08. The topological polar surface area (TPSA) is 49.8 Å². The fourth-order valence-electron chi connectivity index (χ4n) is 2.04. The third-order valence-electron chi connectivity index (χ3n) is 2.96. The maximum atomic E-state index is 11.9. The summed E-state index contributed by atoms with van der Waals surface area (Å²) in [6.45, 7) is 6.35. The molecule has 0 aromatic carbocycles. The maximum absolute atomic E-state index is 11.9. The van der Waals surface area contributed by atoms with Gasteiger partial charge in [-0.1, -0.05) is 0 Å². The molecule has 1 N–H and O–H groups in total. The number of hydrogen-bond acceptors (Lipinski definition) is 4. The van der Waals surface area contributed by atoms with Crippen LogP contribution in [0.2, 0.25) is 0 Å². The van der Waals surface area contributed by atoms with Crippen LogP contribution in [-0.2, 0) is 10.3 Å². The smallest absolute Gasteiger partial charge is 0.410 e. The third-order valence-corrected chi connectivity index (χ3v) is 3.64. The highest BCUT2D eigenvalue weighted by atomic mass is 32.1. The largest absolute Gasteiger partial charge is 0.444 e. The van der Waals surface area contributed by atoms with Crippen molar-refractivity contribution in [3.8, 4) is 0 Å². The molecule has 1 aliphatic heterocycles. The molecule has 100 valence electrons. The van der Waals surface area contributed by atoms with Crippen molar-refractivity contribution in [2.45, 2.75) is 38.4 Å². The normalized spacial score (nSPS) is 24.3. The van der Waals surface area contributed by atoms with Crippen molar-refractivity contribution in [1.29, 1.82) is 0 Å². The second kappa shape index (κ2) is 4.55. The first-order chi connectivity index (χ1) is 8.30. The maximum Gasteiger partial charge on any atom is 0.410 e. The lowest BCUT2D eigenvalue weighted by molar-refractivity contribution is 0.0141. The molecule has 5 heteroatoms. The number of thiophene rings is 1. The molecule has 0 unspecified atom stereocenters. The van der Waals surface area contributed by atoms with Crippen molar-refractivity contribution in [2.75, 3.05) is 13.1 Å². The predicted molar refractivity (Wildman–Crippen MR) is 70.6 cm³/mol. The van der Waals surface area contributed by atoms with Crippen LogP contribution in [0.5, 0.6) is 0 Å². The number of carbonyl (C=O) groups is 1. The van der Waals surface area contributed by atoms with Gasteiger partial charge in [-0.05, 0) is 49.6 Å². The van der Waals surface area contributed by atoms with Crippen LogP contribution in [0.25, 0.3) is 0 Å². The molecule has 0 radical (unpaired) electrons. The predicted octanol–water partition coefficient (Wildman–Crippen LogP) is 2.58. The van der Waals surface area contributed by atoms with E-state index < -0.39 is 11.2 Å². The Hall–Kier alpha value is -1.07. The Morgan fingerprint density at radius 2 is 2.28 bits per heavy atom. The van der Waals surface area contributed by atoms with Gasteiger partial charge < -0.3 is 14.7 Å². The van der Waals surface area contributed by atoms with Gasteiger partial charge in [0, 0.05) is 6.54 Å². The molecule has 1 aromatic rings. The summed E-state index contributed by atoms with van der Waals surface area (Å²) in [6.07, 6.45) is 0.205. The van der Waals surface area contributed by atoms with Gasteiger partial charge in [-0.15, -0.1) is 0 Å². The fraction of sp³-hybridized carbons (Fsp3) is 0.615. The lowest BCUT2D eigenvalue weighted by atomic mass is 9.96. The average molecular weight is 269 g/mol. The zero-order chi connectivity index (χ0) is 13.4. The number of amides is 1. The molecule has 0 saturated carbocycles. The van der Waals surface area contributed by atoms with E-state index in [4.69, 9.17) is 4.74 Å². The van der Waals surface area contributed by atoms with E-state index in [0.29, 0.717) is 19.5 Å². The van der Waals surface area contributed by atoms with Crippen molar-refractivity contribution < 1.29 is 14.6 Å². The van der Waals surface area contributed by atoms with Crippen LogP contribution < -0.4 is 0 Å². The molecular formula is C13H19NO3S. The minimum Gasteiger partial charge on any atom is -0.444 e. The van der Waals surface area contributed by atoms with Gasteiger partial charge in [-0.2, -0.15) is 11.3 Å². The SMILES string of the molecule is CC(C)(C)OC(=O)N1CC[C@](O)(c2ccsc2)C1. The molecule has 1 atom stereocenters. The van der Waals surface area contributed by atoms with Gasteiger partial charge in [0.15, 0.2) is 0 Å². The molecule has 1 aliphatic rings. The first kappa shape index (κ1) is 13.4. The van der Waals surface area contributed by atoms with Crippen LogP contribution in [0.1, 0.15) is 32.8 Å². The van der Waals surface area contributed by atoms with Gasteiger partial charge in [-0.3, -0.25) is 0 Å². The van der Waals surface area contributed by atoms with Gasteiger partial charge in [0.25, 0.3) is 0 Å². The van der Waals surface area contributed by atoms with E-state index in [2.05, 4.69) is 0 Å². The summed E-state index contributed by atoms with van der Waals surface area (Å²) in [6, 6.07) is 1.91. The minimum atomic E-state index is -0.920. The Balaban J connectivity index is 2.02. The van der Waals surface area contributed by atoms with Gasteiger partial charge in [0.05, 0.1) is 6.54 Å². The van der Waals surface area contributed by atoms with E-state index in [1.165, 1.54) is 0 Å². The van der Waals surface area contributed by atoms with E-state index in [1.54, 1.807) is 16.2 Å². The van der Waals surface area contributed by atoms with Crippen LogP contribution in [0.4, 0.5) is 4.79 Å². The van der Waals surface area contributed by atoms with E-state index in [9.17, 15) is 9.90 Å². The van der Waals surface area contributed by atoms with Crippen molar-refractivity contribution in [3.63, 3.8) is 0 Å². The third kappa shape index (κ3) is 2.84. The molecule has 18 heavy (non-hydrogen) atoms. The number of ether oxygens (including phenoxy) is 1. The Bertz CT molecular complexity index is 424. The van der Waals surface area contributed by atoms with Crippen LogP contribution in [0.15, 0.2) is 16.8 Å². The van der Waals surface area contributed by atoms with Gasteiger partial charge in [0.1, 0.15) is 11.2 Å².